The number of ether oxygens (including phenoxy) is 1. The number of carbonyl (C=O) groups excluding carboxylic acids is 4. The van der Waals surface area contributed by atoms with Gasteiger partial charge in [-0.3, -0.25) is 19.8 Å². The van der Waals surface area contributed by atoms with E-state index in [0.29, 0.717) is 23.5 Å². The Morgan fingerprint density at radius 2 is 1.85 bits per heavy atom. The zero-order valence-corrected chi connectivity index (χ0v) is 19.0. The van der Waals surface area contributed by atoms with Gasteiger partial charge in [0.1, 0.15) is 11.3 Å². The van der Waals surface area contributed by atoms with E-state index in [4.69, 9.17) is 9.15 Å². The molecule has 0 atom stereocenters. The van der Waals surface area contributed by atoms with Crippen molar-refractivity contribution in [2.45, 2.75) is 27.3 Å². The second kappa shape index (κ2) is 9.22. The topological polar surface area (TPSA) is 111 Å². The summed E-state index contributed by atoms with van der Waals surface area (Å²) in [5.74, 6) is -1.43. The van der Waals surface area contributed by atoms with Crippen molar-refractivity contribution in [1.82, 2.24) is 14.8 Å². The van der Waals surface area contributed by atoms with E-state index in [1.807, 2.05) is 24.5 Å². The first kappa shape index (κ1) is 22.8. The molecule has 4 amide bonds. The second-order valence-electron chi connectivity index (χ2n) is 7.72. The van der Waals surface area contributed by atoms with E-state index in [1.54, 1.807) is 43.3 Å². The molecule has 1 aromatic carbocycles. The van der Waals surface area contributed by atoms with Gasteiger partial charge in [-0.25, -0.2) is 9.59 Å². The predicted molar refractivity (Wildman–Crippen MR) is 122 cm³/mol. The first-order valence-corrected chi connectivity index (χ1v) is 10.7. The van der Waals surface area contributed by atoms with Crippen LogP contribution < -0.4 is 5.32 Å². The number of carbonyl (C=O) groups is 4. The maximum absolute atomic E-state index is 13.0. The molecule has 1 N–H and O–H groups in total. The lowest BCUT2D eigenvalue weighted by Gasteiger charge is -2.25. The number of amides is 4. The van der Waals surface area contributed by atoms with E-state index < -0.39 is 23.8 Å². The number of hydrogen-bond donors (Lipinski definition) is 1. The Labute approximate surface area is 195 Å². The molecule has 9 nitrogen and oxygen atoms in total. The van der Waals surface area contributed by atoms with Crippen LogP contribution in [0.25, 0.3) is 11.8 Å². The van der Waals surface area contributed by atoms with Gasteiger partial charge in [-0.2, -0.15) is 0 Å². The molecule has 0 bridgehead atoms. The van der Waals surface area contributed by atoms with Gasteiger partial charge in [0.05, 0.1) is 25.0 Å². The number of aryl methyl sites for hydroxylation is 1. The van der Waals surface area contributed by atoms with E-state index in [0.717, 1.165) is 22.0 Å². The summed E-state index contributed by atoms with van der Waals surface area (Å²) in [6.45, 7) is 5.71. The third-order valence-corrected chi connectivity index (χ3v) is 5.49. The predicted octanol–water partition coefficient (Wildman–Crippen LogP) is 3.53. The molecule has 4 rings (SSSR count). The van der Waals surface area contributed by atoms with E-state index in [1.165, 1.54) is 12.3 Å². The number of nitrogens with one attached hydrogen (secondary N) is 1. The molecule has 1 saturated heterocycles. The molecule has 0 unspecified atom stereocenters. The lowest BCUT2D eigenvalue weighted by Crippen LogP contribution is -2.53. The van der Waals surface area contributed by atoms with Crippen LogP contribution in [0.1, 0.15) is 40.0 Å². The van der Waals surface area contributed by atoms with Gasteiger partial charge in [-0.15, -0.1) is 0 Å². The Hall–Kier alpha value is -4.40. The Bertz CT molecular complexity index is 1300. The van der Waals surface area contributed by atoms with E-state index in [2.05, 4.69) is 5.32 Å². The minimum atomic E-state index is -0.796. The maximum atomic E-state index is 13.0. The average molecular weight is 461 g/mol. The number of furan rings is 1. The van der Waals surface area contributed by atoms with Crippen molar-refractivity contribution in [3.8, 4) is 5.69 Å². The molecule has 1 fully saturated rings. The van der Waals surface area contributed by atoms with Gasteiger partial charge in [0.15, 0.2) is 0 Å². The van der Waals surface area contributed by atoms with Crippen LogP contribution >= 0.6 is 0 Å². The zero-order chi connectivity index (χ0) is 24.4. The molecule has 3 aromatic rings. The maximum Gasteiger partial charge on any atom is 0.338 e. The summed E-state index contributed by atoms with van der Waals surface area (Å²) in [5.41, 5.74) is 3.40. The highest BCUT2D eigenvalue weighted by Crippen LogP contribution is 2.25. The number of benzene rings is 1. The smallest absolute Gasteiger partial charge is 0.338 e. The lowest BCUT2D eigenvalue weighted by molar-refractivity contribution is -0.130. The Balaban J connectivity index is 1.65. The van der Waals surface area contributed by atoms with Gasteiger partial charge < -0.3 is 13.7 Å². The first-order valence-electron chi connectivity index (χ1n) is 10.7. The highest BCUT2D eigenvalue weighted by Gasteiger charge is 2.36. The van der Waals surface area contributed by atoms with E-state index >= 15 is 0 Å². The molecule has 2 aromatic heterocycles. The molecule has 0 spiro atoms. The number of nitrogens with zero attached hydrogens (tertiary/aromatic N) is 2. The van der Waals surface area contributed by atoms with Crippen LogP contribution in [0.5, 0.6) is 0 Å². The molecule has 1 aliphatic rings. The molecule has 0 saturated carbocycles. The molecule has 34 heavy (non-hydrogen) atoms. The van der Waals surface area contributed by atoms with Gasteiger partial charge in [-0.1, -0.05) is 0 Å². The quantitative estimate of drug-likeness (QED) is 0.342. The molecular weight excluding hydrogens is 438 g/mol. The molecule has 174 valence electrons. The lowest BCUT2D eigenvalue weighted by atomic mass is 10.1. The Morgan fingerprint density at radius 1 is 1.12 bits per heavy atom. The molecule has 0 aliphatic carbocycles. The van der Waals surface area contributed by atoms with Crippen molar-refractivity contribution in [3.63, 3.8) is 0 Å². The van der Waals surface area contributed by atoms with Crippen molar-refractivity contribution in [2.75, 3.05) is 6.61 Å². The number of imide groups is 2. The zero-order valence-electron chi connectivity index (χ0n) is 19.0. The SMILES string of the molecule is CCOC(=O)c1ccc(-n2c(C)cc(/C=C3/C(=O)NC(=O)N(Cc4ccco4)C3=O)c2C)cc1. The van der Waals surface area contributed by atoms with E-state index in [-0.39, 0.29) is 12.1 Å². The largest absolute Gasteiger partial charge is 0.467 e. The molecule has 3 heterocycles. The standard InChI is InChI=1S/C25H23N3O6/c1-4-33-24(31)17-7-9-19(10-8-17)28-15(2)12-18(16(28)3)13-21-22(29)26-25(32)27(23(21)30)14-20-6-5-11-34-20/h5-13H,4,14H2,1-3H3,(H,26,29,32)/b21-13-. The summed E-state index contributed by atoms with van der Waals surface area (Å²) < 4.78 is 12.2. The third kappa shape index (κ3) is 4.27. The van der Waals surface area contributed by atoms with Crippen molar-refractivity contribution in [1.29, 1.82) is 0 Å². The van der Waals surface area contributed by atoms with Gasteiger partial charge in [0.25, 0.3) is 11.8 Å². The van der Waals surface area contributed by atoms with Crippen molar-refractivity contribution < 1.29 is 28.3 Å². The average Bonchev–Trinajstić information content (AvgIpc) is 3.42. The van der Waals surface area contributed by atoms with Gasteiger partial charge in [0.2, 0.25) is 0 Å². The molecule has 9 heteroatoms. The summed E-state index contributed by atoms with van der Waals surface area (Å²) in [5, 5.41) is 2.21. The van der Waals surface area contributed by atoms with Crippen LogP contribution in [0.2, 0.25) is 0 Å². The van der Waals surface area contributed by atoms with E-state index in [9.17, 15) is 19.2 Å². The number of barbiturate groups is 1. The van der Waals surface area contributed by atoms with Gasteiger partial charge >= 0.3 is 12.0 Å². The first-order chi connectivity index (χ1) is 16.3. The molecule has 1 aliphatic heterocycles. The number of aromatic nitrogens is 1. The monoisotopic (exact) mass is 461 g/mol. The van der Waals surface area contributed by atoms with Crippen LogP contribution in [0.3, 0.4) is 0 Å². The van der Waals surface area contributed by atoms with Crippen molar-refractivity contribution in [3.05, 3.63) is 82.6 Å². The van der Waals surface area contributed by atoms with Crippen LogP contribution in [0.15, 0.2) is 58.7 Å². The fourth-order valence-electron chi connectivity index (χ4n) is 3.84. The fourth-order valence-corrected chi connectivity index (χ4v) is 3.84. The van der Waals surface area contributed by atoms with Gasteiger partial charge in [0, 0.05) is 17.1 Å². The fraction of sp³-hybridized carbons (Fsp3) is 0.200. The summed E-state index contributed by atoms with van der Waals surface area (Å²) in [4.78, 5) is 50.5. The molecular formula is C25H23N3O6. The van der Waals surface area contributed by atoms with Crippen LogP contribution in [-0.4, -0.2) is 39.9 Å². The van der Waals surface area contributed by atoms with Crippen LogP contribution in [0.4, 0.5) is 4.79 Å². The van der Waals surface area contributed by atoms with Crippen LogP contribution in [-0.2, 0) is 20.9 Å². The minimum Gasteiger partial charge on any atom is -0.467 e. The summed E-state index contributed by atoms with van der Waals surface area (Å²) in [7, 11) is 0. The van der Waals surface area contributed by atoms with Crippen LogP contribution in [0, 0.1) is 13.8 Å². The third-order valence-electron chi connectivity index (χ3n) is 5.49. The van der Waals surface area contributed by atoms with Crippen molar-refractivity contribution in [2.24, 2.45) is 0 Å². The highest BCUT2D eigenvalue weighted by atomic mass is 16.5. The Morgan fingerprint density at radius 3 is 2.50 bits per heavy atom. The molecule has 0 radical (unpaired) electrons. The number of urea groups is 1. The normalized spacial score (nSPS) is 15.1. The summed E-state index contributed by atoms with van der Waals surface area (Å²) in [6.07, 6.45) is 2.92. The summed E-state index contributed by atoms with van der Waals surface area (Å²) >= 11 is 0. The van der Waals surface area contributed by atoms with Gasteiger partial charge in [-0.05, 0) is 74.9 Å². The summed E-state index contributed by atoms with van der Waals surface area (Å²) in [6, 6.07) is 11.3. The Kier molecular flexibility index (Phi) is 6.18. The highest BCUT2D eigenvalue weighted by molar-refractivity contribution is 6.31. The second-order valence-corrected chi connectivity index (χ2v) is 7.72. The minimum absolute atomic E-state index is 0.0892. The number of hydrogen-bond acceptors (Lipinski definition) is 6. The van der Waals surface area contributed by atoms with Crippen molar-refractivity contribution >= 4 is 29.9 Å². The number of rotatable bonds is 6. The number of esters is 1.